The third-order valence-electron chi connectivity index (χ3n) is 3.32. The predicted octanol–water partition coefficient (Wildman–Crippen LogP) is 3.56. The zero-order valence-corrected chi connectivity index (χ0v) is 12.4. The summed E-state index contributed by atoms with van der Waals surface area (Å²) in [4.78, 5) is 12.6. The number of ether oxygens (including phenoxy) is 2. The Balaban J connectivity index is 1.52. The van der Waals surface area contributed by atoms with E-state index in [1.165, 1.54) is 11.3 Å². The SMILES string of the molecule is O=C(Nc1ccc(OC[C@@H]2CCCO2)cc1)c1cccs1. The summed E-state index contributed by atoms with van der Waals surface area (Å²) in [6.45, 7) is 1.42. The van der Waals surface area contributed by atoms with Crippen molar-refractivity contribution in [1.29, 1.82) is 0 Å². The molecule has 21 heavy (non-hydrogen) atoms. The zero-order valence-electron chi connectivity index (χ0n) is 11.6. The second-order valence-electron chi connectivity index (χ2n) is 4.90. The average Bonchev–Trinajstić information content (AvgIpc) is 3.20. The van der Waals surface area contributed by atoms with Gasteiger partial charge in [0.25, 0.3) is 5.91 Å². The molecule has 1 amide bonds. The fourth-order valence-electron chi connectivity index (χ4n) is 2.20. The molecule has 1 aliphatic heterocycles. The summed E-state index contributed by atoms with van der Waals surface area (Å²) in [5.74, 6) is 0.706. The molecule has 0 unspecified atom stereocenters. The van der Waals surface area contributed by atoms with Crippen molar-refractivity contribution in [3.05, 3.63) is 46.7 Å². The minimum absolute atomic E-state index is 0.0852. The zero-order chi connectivity index (χ0) is 14.5. The molecule has 3 rings (SSSR count). The molecule has 1 aromatic heterocycles. The van der Waals surface area contributed by atoms with Gasteiger partial charge in [-0.2, -0.15) is 0 Å². The van der Waals surface area contributed by atoms with Crippen LogP contribution in [0.15, 0.2) is 41.8 Å². The van der Waals surface area contributed by atoms with Crippen LogP contribution in [-0.2, 0) is 4.74 Å². The lowest BCUT2D eigenvalue weighted by Crippen LogP contribution is -2.16. The van der Waals surface area contributed by atoms with Gasteiger partial charge in [0.05, 0.1) is 11.0 Å². The molecule has 5 heteroatoms. The minimum Gasteiger partial charge on any atom is -0.491 e. The topological polar surface area (TPSA) is 47.6 Å². The molecular weight excluding hydrogens is 286 g/mol. The van der Waals surface area contributed by atoms with E-state index in [-0.39, 0.29) is 12.0 Å². The van der Waals surface area contributed by atoms with Gasteiger partial charge in [-0.05, 0) is 48.6 Å². The summed E-state index contributed by atoms with van der Waals surface area (Å²) < 4.78 is 11.2. The maximum Gasteiger partial charge on any atom is 0.265 e. The Hall–Kier alpha value is -1.85. The lowest BCUT2D eigenvalue weighted by atomic mass is 10.2. The summed E-state index contributed by atoms with van der Waals surface area (Å²) in [7, 11) is 0. The third-order valence-corrected chi connectivity index (χ3v) is 4.19. The molecule has 0 bridgehead atoms. The first-order valence-electron chi connectivity index (χ1n) is 7.00. The number of amides is 1. The molecule has 1 saturated heterocycles. The van der Waals surface area contributed by atoms with E-state index in [4.69, 9.17) is 9.47 Å². The Morgan fingerprint density at radius 2 is 2.19 bits per heavy atom. The molecule has 1 N–H and O–H groups in total. The van der Waals surface area contributed by atoms with Crippen LogP contribution in [0.25, 0.3) is 0 Å². The lowest BCUT2D eigenvalue weighted by Gasteiger charge is -2.12. The Labute approximate surface area is 127 Å². The van der Waals surface area contributed by atoms with E-state index in [1.807, 2.05) is 35.7 Å². The average molecular weight is 303 g/mol. The molecule has 1 atom stereocenters. The Morgan fingerprint density at radius 1 is 1.33 bits per heavy atom. The predicted molar refractivity (Wildman–Crippen MR) is 83.2 cm³/mol. The second-order valence-corrected chi connectivity index (χ2v) is 5.85. The number of rotatable bonds is 5. The molecule has 1 aromatic carbocycles. The van der Waals surface area contributed by atoms with E-state index in [9.17, 15) is 4.79 Å². The van der Waals surface area contributed by atoms with Crippen molar-refractivity contribution in [2.24, 2.45) is 0 Å². The number of carbonyl (C=O) groups is 1. The molecule has 1 fully saturated rings. The van der Waals surface area contributed by atoms with Crippen molar-refractivity contribution < 1.29 is 14.3 Å². The number of hydrogen-bond acceptors (Lipinski definition) is 4. The van der Waals surface area contributed by atoms with Crippen LogP contribution in [0.5, 0.6) is 5.75 Å². The number of nitrogens with one attached hydrogen (secondary N) is 1. The van der Waals surface area contributed by atoms with E-state index >= 15 is 0 Å². The van der Waals surface area contributed by atoms with Crippen LogP contribution in [-0.4, -0.2) is 25.2 Å². The molecule has 4 nitrogen and oxygen atoms in total. The van der Waals surface area contributed by atoms with Crippen LogP contribution in [0.1, 0.15) is 22.5 Å². The molecule has 0 aliphatic carbocycles. The van der Waals surface area contributed by atoms with Crippen molar-refractivity contribution in [1.82, 2.24) is 0 Å². The van der Waals surface area contributed by atoms with Crippen LogP contribution in [0, 0.1) is 0 Å². The molecule has 0 saturated carbocycles. The highest BCUT2D eigenvalue weighted by molar-refractivity contribution is 7.12. The smallest absolute Gasteiger partial charge is 0.265 e. The summed E-state index contributed by atoms with van der Waals surface area (Å²) >= 11 is 1.43. The minimum atomic E-state index is -0.0852. The van der Waals surface area contributed by atoms with Crippen LogP contribution < -0.4 is 10.1 Å². The van der Waals surface area contributed by atoms with Gasteiger partial charge in [-0.25, -0.2) is 0 Å². The normalized spacial score (nSPS) is 17.6. The highest BCUT2D eigenvalue weighted by atomic mass is 32.1. The quantitative estimate of drug-likeness (QED) is 0.918. The van der Waals surface area contributed by atoms with E-state index in [2.05, 4.69) is 5.32 Å². The van der Waals surface area contributed by atoms with Crippen LogP contribution in [0.4, 0.5) is 5.69 Å². The van der Waals surface area contributed by atoms with Gasteiger partial charge in [0.1, 0.15) is 12.4 Å². The number of anilines is 1. The fraction of sp³-hybridized carbons (Fsp3) is 0.312. The Bertz CT molecular complexity index is 574. The standard InChI is InChI=1S/C16H17NO3S/c18-16(15-4-2-10-21-15)17-12-5-7-13(8-6-12)20-11-14-3-1-9-19-14/h2,4-8,10,14H,1,3,9,11H2,(H,17,18)/t14-/m0/s1. The van der Waals surface area contributed by atoms with Gasteiger partial charge < -0.3 is 14.8 Å². The summed E-state index contributed by atoms with van der Waals surface area (Å²) in [6.07, 6.45) is 2.39. The fourth-order valence-corrected chi connectivity index (χ4v) is 2.82. The van der Waals surface area contributed by atoms with Gasteiger partial charge in [0.2, 0.25) is 0 Å². The van der Waals surface area contributed by atoms with Crippen molar-refractivity contribution in [2.75, 3.05) is 18.5 Å². The Morgan fingerprint density at radius 3 is 2.86 bits per heavy atom. The van der Waals surface area contributed by atoms with Crippen LogP contribution >= 0.6 is 11.3 Å². The van der Waals surface area contributed by atoms with Crippen LogP contribution in [0.3, 0.4) is 0 Å². The lowest BCUT2D eigenvalue weighted by molar-refractivity contribution is 0.0679. The van der Waals surface area contributed by atoms with Gasteiger partial charge in [0.15, 0.2) is 0 Å². The van der Waals surface area contributed by atoms with E-state index in [0.717, 1.165) is 30.9 Å². The maximum atomic E-state index is 11.9. The molecule has 0 radical (unpaired) electrons. The first-order chi connectivity index (χ1) is 10.3. The van der Waals surface area contributed by atoms with Gasteiger partial charge >= 0.3 is 0 Å². The molecule has 2 aromatic rings. The molecule has 2 heterocycles. The summed E-state index contributed by atoms with van der Waals surface area (Å²) in [5.41, 5.74) is 0.762. The molecule has 110 valence electrons. The van der Waals surface area contributed by atoms with E-state index < -0.39 is 0 Å². The Kier molecular flexibility index (Phi) is 4.52. The third kappa shape index (κ3) is 3.83. The number of carbonyl (C=O) groups excluding carboxylic acids is 1. The van der Waals surface area contributed by atoms with E-state index in [0.29, 0.717) is 11.5 Å². The van der Waals surface area contributed by atoms with E-state index in [1.54, 1.807) is 6.07 Å². The summed E-state index contributed by atoms with van der Waals surface area (Å²) in [5, 5.41) is 4.75. The second kappa shape index (κ2) is 6.74. The molecule has 1 aliphatic rings. The highest BCUT2D eigenvalue weighted by Crippen LogP contribution is 2.19. The highest BCUT2D eigenvalue weighted by Gasteiger charge is 2.15. The number of benzene rings is 1. The van der Waals surface area contributed by atoms with Crippen molar-refractivity contribution in [3.8, 4) is 5.75 Å². The molecule has 0 spiro atoms. The number of hydrogen-bond donors (Lipinski definition) is 1. The van der Waals surface area contributed by atoms with Crippen molar-refractivity contribution in [3.63, 3.8) is 0 Å². The molecular formula is C16H17NO3S. The largest absolute Gasteiger partial charge is 0.491 e. The van der Waals surface area contributed by atoms with Crippen molar-refractivity contribution in [2.45, 2.75) is 18.9 Å². The van der Waals surface area contributed by atoms with Gasteiger partial charge in [0, 0.05) is 12.3 Å². The first-order valence-corrected chi connectivity index (χ1v) is 7.88. The van der Waals surface area contributed by atoms with Crippen LogP contribution in [0.2, 0.25) is 0 Å². The van der Waals surface area contributed by atoms with Gasteiger partial charge in [-0.15, -0.1) is 11.3 Å². The van der Waals surface area contributed by atoms with Gasteiger partial charge in [-0.3, -0.25) is 4.79 Å². The maximum absolute atomic E-state index is 11.9. The summed E-state index contributed by atoms with van der Waals surface area (Å²) in [6, 6.07) is 11.1. The van der Waals surface area contributed by atoms with Crippen molar-refractivity contribution >= 4 is 22.9 Å². The van der Waals surface area contributed by atoms with Gasteiger partial charge in [-0.1, -0.05) is 6.07 Å². The number of thiophene rings is 1. The first kappa shape index (κ1) is 14.1. The monoisotopic (exact) mass is 303 g/mol.